The van der Waals surface area contributed by atoms with Gasteiger partial charge in [-0.2, -0.15) is 0 Å². The van der Waals surface area contributed by atoms with Gasteiger partial charge in [-0.3, -0.25) is 10.1 Å². The number of sulfonamides is 1. The van der Waals surface area contributed by atoms with Crippen LogP contribution in [0.4, 0.5) is 11.4 Å². The van der Waals surface area contributed by atoms with E-state index in [-0.39, 0.29) is 18.0 Å². The summed E-state index contributed by atoms with van der Waals surface area (Å²) in [5, 5.41) is 18.2. The second kappa shape index (κ2) is 5.65. The number of methoxy groups -OCH3 is 1. The molecule has 0 aliphatic heterocycles. The van der Waals surface area contributed by atoms with Crippen molar-refractivity contribution in [1.29, 1.82) is 0 Å². The van der Waals surface area contributed by atoms with Gasteiger partial charge in [-0.25, -0.2) is 13.6 Å². The fourth-order valence-electron chi connectivity index (χ4n) is 1.25. The molecule has 100 valence electrons. The zero-order valence-electron chi connectivity index (χ0n) is 9.62. The Labute approximate surface area is 104 Å². The molecule has 8 nitrogen and oxygen atoms in total. The van der Waals surface area contributed by atoms with Crippen molar-refractivity contribution in [1.82, 2.24) is 0 Å². The number of anilines is 1. The number of nitrogens with one attached hydrogen (secondary N) is 1. The van der Waals surface area contributed by atoms with Crippen LogP contribution in [0.1, 0.15) is 0 Å². The fraction of sp³-hybridized carbons (Fsp3) is 0.333. The van der Waals surface area contributed by atoms with Crippen LogP contribution in [-0.2, 0) is 10.0 Å². The van der Waals surface area contributed by atoms with Gasteiger partial charge in [-0.15, -0.1) is 0 Å². The lowest BCUT2D eigenvalue weighted by atomic mass is 10.2. The molecule has 0 atom stereocenters. The van der Waals surface area contributed by atoms with Crippen LogP contribution in [0.3, 0.4) is 0 Å². The highest BCUT2D eigenvalue weighted by molar-refractivity contribution is 7.89. The maximum absolute atomic E-state index is 10.7. The van der Waals surface area contributed by atoms with Crippen LogP contribution >= 0.6 is 0 Å². The van der Waals surface area contributed by atoms with Gasteiger partial charge in [0.15, 0.2) is 0 Å². The van der Waals surface area contributed by atoms with Gasteiger partial charge in [0.05, 0.1) is 23.9 Å². The molecule has 1 rings (SSSR count). The van der Waals surface area contributed by atoms with E-state index < -0.39 is 14.9 Å². The summed E-state index contributed by atoms with van der Waals surface area (Å²) in [6, 6.07) is 4.08. The number of hydrogen-bond acceptors (Lipinski definition) is 6. The van der Waals surface area contributed by atoms with E-state index in [1.54, 1.807) is 0 Å². The molecule has 0 unspecified atom stereocenters. The van der Waals surface area contributed by atoms with Gasteiger partial charge in [-0.05, 0) is 0 Å². The van der Waals surface area contributed by atoms with Crippen LogP contribution in [0.2, 0.25) is 0 Å². The van der Waals surface area contributed by atoms with Gasteiger partial charge in [0.25, 0.3) is 5.69 Å². The molecule has 0 aliphatic rings. The van der Waals surface area contributed by atoms with E-state index in [9.17, 15) is 18.5 Å². The zero-order valence-corrected chi connectivity index (χ0v) is 10.4. The Morgan fingerprint density at radius 1 is 1.44 bits per heavy atom. The van der Waals surface area contributed by atoms with E-state index in [1.807, 2.05) is 0 Å². The number of primary sulfonamides is 1. The molecule has 3 N–H and O–H groups in total. The number of nitrogens with two attached hydrogens (primary N) is 1. The van der Waals surface area contributed by atoms with Crippen LogP contribution in [-0.4, -0.2) is 32.7 Å². The highest BCUT2D eigenvalue weighted by Crippen LogP contribution is 2.25. The quantitative estimate of drug-likeness (QED) is 0.568. The third kappa shape index (κ3) is 4.55. The van der Waals surface area contributed by atoms with Crippen LogP contribution in [0.15, 0.2) is 18.2 Å². The SMILES string of the molecule is COc1cc(NCCS(N)(=O)=O)cc([N+](=O)[O-])c1. The minimum Gasteiger partial charge on any atom is -0.496 e. The van der Waals surface area contributed by atoms with Gasteiger partial charge in [0.2, 0.25) is 10.0 Å². The molecular weight excluding hydrogens is 262 g/mol. The largest absolute Gasteiger partial charge is 0.496 e. The van der Waals surface area contributed by atoms with E-state index in [0.29, 0.717) is 11.4 Å². The molecule has 0 radical (unpaired) electrons. The first-order valence-corrected chi connectivity index (χ1v) is 6.61. The maximum atomic E-state index is 10.7. The summed E-state index contributed by atoms with van der Waals surface area (Å²) in [6.45, 7) is 0.0587. The van der Waals surface area contributed by atoms with Crippen molar-refractivity contribution in [2.24, 2.45) is 5.14 Å². The highest BCUT2D eigenvalue weighted by Gasteiger charge is 2.10. The predicted molar refractivity (Wildman–Crippen MR) is 66.1 cm³/mol. The van der Waals surface area contributed by atoms with E-state index in [1.165, 1.54) is 25.3 Å². The first kappa shape index (κ1) is 14.2. The second-order valence-corrected chi connectivity index (χ2v) is 5.20. The third-order valence-corrected chi connectivity index (χ3v) is 2.83. The van der Waals surface area contributed by atoms with E-state index in [2.05, 4.69) is 5.32 Å². The number of ether oxygens (including phenoxy) is 1. The summed E-state index contributed by atoms with van der Waals surface area (Å²) in [5.41, 5.74) is 0.247. The summed E-state index contributed by atoms with van der Waals surface area (Å²) in [7, 11) is -2.18. The molecule has 0 saturated carbocycles. The molecule has 18 heavy (non-hydrogen) atoms. The molecule has 0 aromatic heterocycles. The summed E-state index contributed by atoms with van der Waals surface area (Å²) in [4.78, 5) is 10.1. The van der Waals surface area contributed by atoms with Crippen LogP contribution < -0.4 is 15.2 Å². The number of hydrogen-bond donors (Lipinski definition) is 2. The van der Waals surface area contributed by atoms with Gasteiger partial charge >= 0.3 is 0 Å². The van der Waals surface area contributed by atoms with Crippen molar-refractivity contribution in [3.8, 4) is 5.75 Å². The monoisotopic (exact) mass is 275 g/mol. The van der Waals surface area contributed by atoms with E-state index in [4.69, 9.17) is 9.88 Å². The molecule has 0 aliphatic carbocycles. The Kier molecular flexibility index (Phi) is 4.45. The predicted octanol–water partition coefficient (Wildman–Crippen LogP) is 0.304. The van der Waals surface area contributed by atoms with Gasteiger partial charge < -0.3 is 10.1 Å². The van der Waals surface area contributed by atoms with Crippen molar-refractivity contribution in [3.05, 3.63) is 28.3 Å². The molecule has 9 heteroatoms. The van der Waals surface area contributed by atoms with Crippen molar-refractivity contribution in [3.63, 3.8) is 0 Å². The molecule has 1 aromatic rings. The number of nitro benzene ring substituents is 1. The maximum Gasteiger partial charge on any atom is 0.275 e. The van der Waals surface area contributed by atoms with Crippen LogP contribution in [0.5, 0.6) is 5.75 Å². The lowest BCUT2D eigenvalue weighted by Gasteiger charge is -2.07. The van der Waals surface area contributed by atoms with Gasteiger partial charge in [-0.1, -0.05) is 0 Å². The number of benzene rings is 1. The Bertz CT molecular complexity index is 543. The van der Waals surface area contributed by atoms with E-state index >= 15 is 0 Å². The first-order valence-electron chi connectivity index (χ1n) is 4.89. The zero-order chi connectivity index (χ0) is 13.8. The molecule has 0 heterocycles. The lowest BCUT2D eigenvalue weighted by Crippen LogP contribution is -2.22. The smallest absolute Gasteiger partial charge is 0.275 e. The third-order valence-electron chi connectivity index (χ3n) is 2.05. The van der Waals surface area contributed by atoms with Crippen molar-refractivity contribution < 1.29 is 18.1 Å². The van der Waals surface area contributed by atoms with E-state index in [0.717, 1.165) is 0 Å². The number of non-ortho nitro benzene ring substituents is 1. The summed E-state index contributed by atoms with van der Waals surface area (Å²) < 4.78 is 26.4. The Morgan fingerprint density at radius 2 is 2.11 bits per heavy atom. The van der Waals surface area contributed by atoms with Crippen LogP contribution in [0.25, 0.3) is 0 Å². The van der Waals surface area contributed by atoms with Gasteiger partial charge in [0.1, 0.15) is 5.75 Å². The molecule has 0 bridgehead atoms. The summed E-state index contributed by atoms with van der Waals surface area (Å²) in [6.07, 6.45) is 0. The molecule has 1 aromatic carbocycles. The first-order chi connectivity index (χ1) is 8.31. The molecule has 0 saturated heterocycles. The fourth-order valence-corrected chi connectivity index (χ4v) is 1.63. The average Bonchev–Trinajstić information content (AvgIpc) is 2.26. The summed E-state index contributed by atoms with van der Waals surface area (Å²) in [5.74, 6) is 0.0418. The normalized spacial score (nSPS) is 11.0. The summed E-state index contributed by atoms with van der Waals surface area (Å²) >= 11 is 0. The van der Waals surface area contributed by atoms with Crippen LogP contribution in [0, 0.1) is 10.1 Å². The van der Waals surface area contributed by atoms with Crippen molar-refractivity contribution in [2.45, 2.75) is 0 Å². The second-order valence-electron chi connectivity index (χ2n) is 3.47. The molecule has 0 amide bonds. The standard InChI is InChI=1S/C9H13N3O5S/c1-17-9-5-7(4-8(6-9)12(13)14)11-2-3-18(10,15)16/h4-6,11H,2-3H2,1H3,(H2,10,15,16). The molecule has 0 spiro atoms. The average molecular weight is 275 g/mol. The van der Waals surface area contributed by atoms with Crippen molar-refractivity contribution >= 4 is 21.4 Å². The highest BCUT2D eigenvalue weighted by atomic mass is 32.2. The number of rotatable bonds is 6. The minimum absolute atomic E-state index is 0.0587. The van der Waals surface area contributed by atoms with Gasteiger partial charge in [0, 0.05) is 24.4 Å². The minimum atomic E-state index is -3.56. The van der Waals surface area contributed by atoms with Crippen molar-refractivity contribution in [2.75, 3.05) is 24.7 Å². The Morgan fingerprint density at radius 3 is 2.61 bits per heavy atom. The number of nitro groups is 1. The Hall–Kier alpha value is -1.87. The number of nitrogens with zero attached hydrogens (tertiary/aromatic N) is 1. The lowest BCUT2D eigenvalue weighted by molar-refractivity contribution is -0.384. The molecular formula is C9H13N3O5S. The Balaban J connectivity index is 2.82. The topological polar surface area (TPSA) is 125 Å². The molecule has 0 fully saturated rings.